The molecule has 2 aromatic carbocycles. The molecule has 8 nitrogen and oxygen atoms in total. The molecule has 0 unspecified atom stereocenters. The molecule has 1 fully saturated rings. The lowest BCUT2D eigenvalue weighted by Gasteiger charge is -2.25. The van der Waals surface area contributed by atoms with Gasteiger partial charge in [0.25, 0.3) is 11.7 Å². The normalized spacial score (nSPS) is 18.9. The lowest BCUT2D eigenvalue weighted by molar-refractivity contribution is -0.140. The molecular weight excluding hydrogens is 450 g/mol. The first-order chi connectivity index (χ1) is 16.9. The van der Waals surface area contributed by atoms with E-state index in [1.807, 2.05) is 24.3 Å². The molecule has 0 saturated carbocycles. The summed E-state index contributed by atoms with van der Waals surface area (Å²) in [6.45, 7) is 6.09. The van der Waals surface area contributed by atoms with Crippen LogP contribution in [0, 0.1) is 5.92 Å². The zero-order chi connectivity index (χ0) is 24.9. The molecule has 2 aliphatic rings. The van der Waals surface area contributed by atoms with Gasteiger partial charge in [0.15, 0.2) is 11.5 Å². The highest BCUT2D eigenvalue weighted by molar-refractivity contribution is 6.46. The highest BCUT2D eigenvalue weighted by Crippen LogP contribution is 2.41. The van der Waals surface area contributed by atoms with E-state index in [0.717, 1.165) is 6.42 Å². The van der Waals surface area contributed by atoms with Gasteiger partial charge in [0, 0.05) is 19.2 Å². The van der Waals surface area contributed by atoms with Crippen LogP contribution >= 0.6 is 0 Å². The number of likely N-dealkylation sites (tertiary alicyclic amines) is 1. The van der Waals surface area contributed by atoms with Crippen molar-refractivity contribution in [1.29, 1.82) is 0 Å². The molecule has 0 bridgehead atoms. The minimum absolute atomic E-state index is 0.0158. The molecule has 0 radical (unpaired) electrons. The van der Waals surface area contributed by atoms with Crippen molar-refractivity contribution in [3.8, 4) is 17.2 Å². The van der Waals surface area contributed by atoms with Crippen molar-refractivity contribution in [2.75, 3.05) is 40.1 Å². The third-order valence-corrected chi connectivity index (χ3v) is 6.03. The SMILES string of the molecule is COCCN1C(=O)C(=O)/C(=C(/O)c2ccc3c(c2)OCCO3)[C@@H]1c1cccc(OCCC(C)C)c1. The van der Waals surface area contributed by atoms with Crippen molar-refractivity contribution >= 4 is 17.4 Å². The smallest absolute Gasteiger partial charge is 0.295 e. The number of carbonyl (C=O) groups is 2. The summed E-state index contributed by atoms with van der Waals surface area (Å²) in [5.74, 6) is 0.491. The first-order valence-electron chi connectivity index (χ1n) is 11.8. The predicted octanol–water partition coefficient (Wildman–Crippen LogP) is 3.95. The van der Waals surface area contributed by atoms with Gasteiger partial charge in [-0.2, -0.15) is 0 Å². The second-order valence-electron chi connectivity index (χ2n) is 8.95. The van der Waals surface area contributed by atoms with Crippen LogP contribution in [0.3, 0.4) is 0 Å². The first kappa shape index (κ1) is 24.6. The van der Waals surface area contributed by atoms with Crippen LogP contribution in [0.1, 0.15) is 37.4 Å². The number of benzene rings is 2. The molecule has 1 N–H and O–H groups in total. The van der Waals surface area contributed by atoms with Gasteiger partial charge in [0.05, 0.1) is 24.8 Å². The number of nitrogens with zero attached hydrogens (tertiary/aromatic N) is 1. The Morgan fingerprint density at radius 2 is 1.86 bits per heavy atom. The number of hydrogen-bond acceptors (Lipinski definition) is 7. The maximum Gasteiger partial charge on any atom is 0.295 e. The van der Waals surface area contributed by atoms with Crippen LogP contribution in [-0.2, 0) is 14.3 Å². The summed E-state index contributed by atoms with van der Waals surface area (Å²) in [7, 11) is 1.53. The first-order valence-corrected chi connectivity index (χ1v) is 11.8. The number of carbonyl (C=O) groups excluding carboxylic acids is 2. The average Bonchev–Trinajstić information content (AvgIpc) is 3.11. The van der Waals surface area contributed by atoms with Gasteiger partial charge in [-0.1, -0.05) is 26.0 Å². The van der Waals surface area contributed by atoms with Crippen molar-refractivity contribution in [3.05, 3.63) is 59.2 Å². The Bertz CT molecular complexity index is 1120. The quantitative estimate of drug-likeness (QED) is 0.329. The standard InChI is InChI=1S/C27H31NO7/c1-17(2)9-11-33-20-6-4-5-18(15-20)24-23(26(30)27(31)28(24)10-12-32-3)25(29)19-7-8-21-22(16-19)35-14-13-34-21/h4-8,15-17,24,29H,9-14H2,1-3H3/b25-23+/t24-/m0/s1. The number of ketones is 1. The third kappa shape index (κ3) is 5.27. The molecule has 1 amide bonds. The molecule has 1 saturated heterocycles. The van der Waals surface area contributed by atoms with Gasteiger partial charge >= 0.3 is 0 Å². The van der Waals surface area contributed by atoms with Crippen molar-refractivity contribution in [3.63, 3.8) is 0 Å². The monoisotopic (exact) mass is 481 g/mol. The Morgan fingerprint density at radius 1 is 1.09 bits per heavy atom. The Hall–Kier alpha value is -3.52. The van der Waals surface area contributed by atoms with Gasteiger partial charge in [-0.25, -0.2) is 0 Å². The largest absolute Gasteiger partial charge is 0.507 e. The molecule has 0 aliphatic carbocycles. The number of methoxy groups -OCH3 is 1. The van der Waals surface area contributed by atoms with Crippen molar-refractivity contribution in [2.24, 2.45) is 5.92 Å². The Morgan fingerprint density at radius 3 is 2.60 bits per heavy atom. The van der Waals surface area contributed by atoms with Crippen LogP contribution in [0.2, 0.25) is 0 Å². The summed E-state index contributed by atoms with van der Waals surface area (Å²) >= 11 is 0. The number of fused-ring (bicyclic) bond motifs is 1. The molecule has 2 aliphatic heterocycles. The van der Waals surface area contributed by atoms with E-state index in [1.54, 1.807) is 18.2 Å². The van der Waals surface area contributed by atoms with Crippen LogP contribution in [0.5, 0.6) is 17.2 Å². The van der Waals surface area contributed by atoms with Gasteiger partial charge < -0.3 is 29.0 Å². The molecule has 0 aromatic heterocycles. The summed E-state index contributed by atoms with van der Waals surface area (Å²) in [5.41, 5.74) is 1.05. The Labute approximate surface area is 205 Å². The fraction of sp³-hybridized carbons (Fsp3) is 0.407. The summed E-state index contributed by atoms with van der Waals surface area (Å²) < 4.78 is 22.3. The molecule has 4 rings (SSSR count). The minimum Gasteiger partial charge on any atom is -0.507 e. The molecule has 8 heteroatoms. The molecule has 1 atom stereocenters. The maximum atomic E-state index is 13.2. The average molecular weight is 482 g/mol. The van der Waals surface area contributed by atoms with E-state index in [-0.39, 0.29) is 24.5 Å². The van der Waals surface area contributed by atoms with Crippen LogP contribution in [-0.4, -0.2) is 61.8 Å². The van der Waals surface area contributed by atoms with E-state index < -0.39 is 17.7 Å². The Kier molecular flexibility index (Phi) is 7.60. The lowest BCUT2D eigenvalue weighted by Crippen LogP contribution is -2.32. The van der Waals surface area contributed by atoms with E-state index >= 15 is 0 Å². The lowest BCUT2D eigenvalue weighted by atomic mass is 9.95. The number of Topliss-reactive ketones (excluding diaryl/α,β-unsaturated/α-hetero) is 1. The van der Waals surface area contributed by atoms with Gasteiger partial charge in [-0.05, 0) is 48.2 Å². The van der Waals surface area contributed by atoms with Gasteiger partial charge in [-0.15, -0.1) is 0 Å². The van der Waals surface area contributed by atoms with Gasteiger partial charge in [-0.3, -0.25) is 9.59 Å². The van der Waals surface area contributed by atoms with Crippen molar-refractivity contribution in [1.82, 2.24) is 4.90 Å². The highest BCUT2D eigenvalue weighted by Gasteiger charge is 2.46. The summed E-state index contributed by atoms with van der Waals surface area (Å²) in [6.07, 6.45) is 0.903. The number of aliphatic hydroxyl groups is 1. The molecule has 0 spiro atoms. The van der Waals surface area contributed by atoms with E-state index in [1.165, 1.54) is 12.0 Å². The fourth-order valence-corrected chi connectivity index (χ4v) is 4.18. The number of ether oxygens (including phenoxy) is 4. The molecule has 35 heavy (non-hydrogen) atoms. The summed E-state index contributed by atoms with van der Waals surface area (Å²) in [5, 5.41) is 11.3. The molecule has 2 aromatic rings. The zero-order valence-electron chi connectivity index (χ0n) is 20.3. The second-order valence-corrected chi connectivity index (χ2v) is 8.95. The van der Waals surface area contributed by atoms with E-state index in [9.17, 15) is 14.7 Å². The van der Waals surface area contributed by atoms with Crippen LogP contribution in [0.25, 0.3) is 5.76 Å². The summed E-state index contributed by atoms with van der Waals surface area (Å²) in [4.78, 5) is 27.6. The van der Waals surface area contributed by atoms with Gasteiger partial charge in [0.1, 0.15) is 24.7 Å². The Balaban J connectivity index is 1.75. The number of hydrogen-bond donors (Lipinski definition) is 1. The number of amides is 1. The minimum atomic E-state index is -0.785. The van der Waals surface area contributed by atoms with Crippen LogP contribution < -0.4 is 14.2 Å². The number of rotatable bonds is 9. The molecule has 2 heterocycles. The molecular formula is C27H31NO7. The van der Waals surface area contributed by atoms with E-state index in [0.29, 0.717) is 54.1 Å². The number of aliphatic hydroxyl groups excluding tert-OH is 1. The van der Waals surface area contributed by atoms with Crippen LogP contribution in [0.15, 0.2) is 48.0 Å². The van der Waals surface area contributed by atoms with Gasteiger partial charge in [0.2, 0.25) is 0 Å². The molecule has 186 valence electrons. The third-order valence-electron chi connectivity index (χ3n) is 6.03. The van der Waals surface area contributed by atoms with Crippen molar-refractivity contribution in [2.45, 2.75) is 26.3 Å². The van der Waals surface area contributed by atoms with E-state index in [2.05, 4.69) is 13.8 Å². The predicted molar refractivity (Wildman–Crippen MR) is 130 cm³/mol. The zero-order valence-corrected chi connectivity index (χ0v) is 20.3. The van der Waals surface area contributed by atoms with E-state index in [4.69, 9.17) is 18.9 Å². The van der Waals surface area contributed by atoms with Crippen molar-refractivity contribution < 1.29 is 33.6 Å². The second kappa shape index (κ2) is 10.8. The topological polar surface area (TPSA) is 94.5 Å². The maximum absolute atomic E-state index is 13.2. The fourth-order valence-electron chi connectivity index (χ4n) is 4.18. The summed E-state index contributed by atoms with van der Waals surface area (Å²) in [6, 6.07) is 11.5. The highest BCUT2D eigenvalue weighted by atomic mass is 16.6. The van der Waals surface area contributed by atoms with Crippen LogP contribution in [0.4, 0.5) is 0 Å².